The molecule has 20 aromatic rings. The van der Waals surface area contributed by atoms with Gasteiger partial charge in [0.05, 0.1) is 33.8 Å². The van der Waals surface area contributed by atoms with E-state index in [1.165, 1.54) is 16.2 Å². The molecular weight excluding hydrogens is 1150 g/mol. The van der Waals surface area contributed by atoms with Crippen LogP contribution in [0.5, 0.6) is 0 Å². The highest BCUT2D eigenvalue weighted by atomic mass is 16.3. The number of hydrogen-bond acceptors (Lipinski definition) is 6. The van der Waals surface area contributed by atoms with Crippen LogP contribution in [0.1, 0.15) is 0 Å². The van der Waals surface area contributed by atoms with Gasteiger partial charge in [-0.1, -0.05) is 237 Å². The molecule has 438 valence electrons. The fourth-order valence-corrected chi connectivity index (χ4v) is 15.4. The van der Waals surface area contributed by atoms with Crippen molar-refractivity contribution in [2.75, 3.05) is 9.80 Å². The number of nitrogens with zero attached hydrogens (tertiary/aromatic N) is 2. The third-order valence-corrected chi connectivity index (χ3v) is 19.4. The Kier molecular flexibility index (Phi) is 11.3. The largest absolute Gasteiger partial charge is 0.456 e. The Labute approximate surface area is 538 Å². The quantitative estimate of drug-likeness (QED) is 0.134. The maximum Gasteiger partial charge on any atom is 0.159 e. The van der Waals surface area contributed by atoms with Crippen LogP contribution in [-0.4, -0.2) is 0 Å². The summed E-state index contributed by atoms with van der Waals surface area (Å²) in [7, 11) is 0. The van der Waals surface area contributed by atoms with Gasteiger partial charge in [-0.15, -0.1) is 0 Å². The maximum atomic E-state index is 7.06. The molecule has 0 spiro atoms. The van der Waals surface area contributed by atoms with E-state index in [0.29, 0.717) is 0 Å². The Morgan fingerprint density at radius 2 is 0.596 bits per heavy atom. The minimum atomic E-state index is 0.783. The number of benzene rings is 16. The van der Waals surface area contributed by atoms with Crippen LogP contribution in [0.2, 0.25) is 0 Å². The first-order valence-electron chi connectivity index (χ1n) is 32.0. The molecule has 0 radical (unpaired) electrons. The van der Waals surface area contributed by atoms with Crippen molar-refractivity contribution in [3.8, 4) is 33.4 Å². The predicted molar refractivity (Wildman–Crippen MR) is 391 cm³/mol. The molecule has 0 amide bonds. The van der Waals surface area contributed by atoms with Crippen molar-refractivity contribution in [2.45, 2.75) is 0 Å². The lowest BCUT2D eigenvalue weighted by molar-refractivity contribution is 0.666. The summed E-state index contributed by atoms with van der Waals surface area (Å²) in [5.41, 5.74) is 18.9. The van der Waals surface area contributed by atoms with Crippen LogP contribution in [0, 0.1) is 0 Å². The summed E-state index contributed by atoms with van der Waals surface area (Å²) in [6, 6.07) is 113. The highest BCUT2D eigenvalue weighted by Gasteiger charge is 2.31. The molecule has 4 aromatic heterocycles. The molecule has 0 saturated heterocycles. The fraction of sp³-hybridized carbons (Fsp3) is 0. The van der Waals surface area contributed by atoms with E-state index in [1.54, 1.807) is 0 Å². The van der Waals surface area contributed by atoms with E-state index >= 15 is 0 Å². The van der Waals surface area contributed by atoms with Gasteiger partial charge >= 0.3 is 0 Å². The molecule has 4 heterocycles. The van der Waals surface area contributed by atoms with Crippen molar-refractivity contribution >= 4 is 165 Å². The highest BCUT2D eigenvalue weighted by molar-refractivity contribution is 6.27. The van der Waals surface area contributed by atoms with Crippen molar-refractivity contribution in [1.29, 1.82) is 0 Å². The van der Waals surface area contributed by atoms with Gasteiger partial charge < -0.3 is 27.5 Å². The van der Waals surface area contributed by atoms with E-state index in [0.717, 1.165) is 182 Å². The van der Waals surface area contributed by atoms with Crippen molar-refractivity contribution in [2.24, 2.45) is 0 Å². The second-order valence-corrected chi connectivity index (χ2v) is 24.5. The van der Waals surface area contributed by atoms with Gasteiger partial charge in [0.25, 0.3) is 0 Å². The normalized spacial score (nSPS) is 12.0. The summed E-state index contributed by atoms with van der Waals surface area (Å²) < 4.78 is 27.7. The van der Waals surface area contributed by atoms with Crippen LogP contribution in [-0.2, 0) is 0 Å². The molecule has 0 aliphatic carbocycles. The lowest BCUT2D eigenvalue weighted by Gasteiger charge is -2.31. The molecule has 0 aliphatic rings. The third kappa shape index (κ3) is 7.77. The lowest BCUT2D eigenvalue weighted by Crippen LogP contribution is -2.13. The van der Waals surface area contributed by atoms with Gasteiger partial charge in [-0.2, -0.15) is 0 Å². The van der Waals surface area contributed by atoms with E-state index in [-0.39, 0.29) is 0 Å². The molecule has 20 rings (SSSR count). The molecule has 0 fully saturated rings. The topological polar surface area (TPSA) is 59.0 Å². The monoisotopic (exact) mass is 1200 g/mol. The van der Waals surface area contributed by atoms with Crippen molar-refractivity contribution in [3.63, 3.8) is 0 Å². The average molecular weight is 1200 g/mol. The van der Waals surface area contributed by atoms with Gasteiger partial charge in [-0.3, -0.25) is 0 Å². The Morgan fingerprint density at radius 1 is 0.191 bits per heavy atom. The van der Waals surface area contributed by atoms with E-state index in [4.69, 9.17) is 17.7 Å². The van der Waals surface area contributed by atoms with Gasteiger partial charge in [-0.05, 0) is 127 Å². The average Bonchev–Trinajstić information content (AvgIpc) is 0.977. The molecule has 16 aromatic carbocycles. The second-order valence-electron chi connectivity index (χ2n) is 24.5. The van der Waals surface area contributed by atoms with Crippen LogP contribution >= 0.6 is 0 Å². The molecule has 6 heteroatoms. The number of furan rings is 4. The Hall–Kier alpha value is -12.6. The molecule has 0 saturated carbocycles. The van der Waals surface area contributed by atoms with Crippen molar-refractivity contribution in [3.05, 3.63) is 315 Å². The van der Waals surface area contributed by atoms with Gasteiger partial charge in [0.15, 0.2) is 11.2 Å². The minimum Gasteiger partial charge on any atom is -0.456 e. The zero-order valence-electron chi connectivity index (χ0n) is 50.5. The van der Waals surface area contributed by atoms with Gasteiger partial charge in [0.1, 0.15) is 33.5 Å². The zero-order chi connectivity index (χ0) is 61.5. The Balaban J connectivity index is 0.795. The molecule has 0 aliphatic heterocycles. The van der Waals surface area contributed by atoms with E-state index in [1.807, 2.05) is 18.2 Å². The number of fused-ring (bicyclic) bond motifs is 18. The fourth-order valence-electron chi connectivity index (χ4n) is 15.4. The number of anilines is 6. The van der Waals surface area contributed by atoms with Crippen LogP contribution in [0.3, 0.4) is 0 Å². The smallest absolute Gasteiger partial charge is 0.159 e. The van der Waals surface area contributed by atoms with Crippen LogP contribution < -0.4 is 9.80 Å². The van der Waals surface area contributed by atoms with Crippen LogP contribution in [0.15, 0.2) is 333 Å². The lowest BCUT2D eigenvalue weighted by atomic mass is 9.88. The SMILES string of the molecule is c1ccc(-c2c(N(c3ccc4c(c3)oc3ccc(-c5cccc(-c6c(N(c7cccc8c7oc7ccccc78)c7cccc8c7oc7ccccc78)c7ccccc7c7ccccc67)c5)cc34)c3cccc4oc5ccccc5c34)c3ccccc3c3ccccc23)cc1. The molecule has 0 unspecified atom stereocenters. The summed E-state index contributed by atoms with van der Waals surface area (Å²) in [5.74, 6) is 0. The maximum absolute atomic E-state index is 7.06. The van der Waals surface area contributed by atoms with E-state index in [2.05, 4.69) is 307 Å². The third-order valence-electron chi connectivity index (χ3n) is 19.4. The van der Waals surface area contributed by atoms with Gasteiger partial charge in [0.2, 0.25) is 0 Å². The predicted octanol–water partition coefficient (Wildman–Crippen LogP) is 25.8. The molecule has 0 atom stereocenters. The highest BCUT2D eigenvalue weighted by Crippen LogP contribution is 2.56. The first-order chi connectivity index (χ1) is 46.6. The first kappa shape index (κ1) is 52.2. The summed E-state index contributed by atoms with van der Waals surface area (Å²) in [6.45, 7) is 0. The molecular formula is C88H52N2O4. The second kappa shape index (κ2) is 20.4. The first-order valence-corrected chi connectivity index (χ1v) is 32.0. The molecule has 0 N–H and O–H groups in total. The molecule has 0 bridgehead atoms. The molecule has 94 heavy (non-hydrogen) atoms. The summed E-state index contributed by atoms with van der Waals surface area (Å²) in [5, 5.41) is 17.5. The van der Waals surface area contributed by atoms with Gasteiger partial charge in [-0.25, -0.2) is 0 Å². The van der Waals surface area contributed by atoms with Crippen molar-refractivity contribution < 1.29 is 17.7 Å². The van der Waals surface area contributed by atoms with E-state index in [9.17, 15) is 0 Å². The summed E-state index contributed by atoms with van der Waals surface area (Å²) in [4.78, 5) is 4.86. The summed E-state index contributed by atoms with van der Waals surface area (Å²) >= 11 is 0. The number of para-hydroxylation sites is 5. The van der Waals surface area contributed by atoms with E-state index < -0.39 is 0 Å². The van der Waals surface area contributed by atoms with Gasteiger partial charge in [0, 0.05) is 71.4 Å². The zero-order valence-corrected chi connectivity index (χ0v) is 50.5. The molecule has 6 nitrogen and oxygen atoms in total. The summed E-state index contributed by atoms with van der Waals surface area (Å²) in [6.07, 6.45) is 0. The van der Waals surface area contributed by atoms with Crippen LogP contribution in [0.25, 0.3) is 164 Å². The number of rotatable bonds is 9. The standard InChI is InChI=1S/C88H52N2O4/c1-2-22-53(23-3-1)82-65-32-8-4-26-58(65)60-28-6-10-34-67(60)85(82)89(73-39-21-45-80-84(73)71-36-14-17-44-78(71)91-80)57-47-48-64-72-51-55(46-49-79(72)92-81(64)52-57)54-24-18-25-56(50-54)83-66-33-9-5-27-59(66)61-29-7-11-35-68(61)86(83)90(74-40-19-37-69-62-30-12-15-42-76(62)93-87(69)74)75-41-20-38-70-63-31-13-16-43-77(63)94-88(70)75/h1-52H. The Bertz CT molecular complexity index is 6410. The number of hydrogen-bond donors (Lipinski definition) is 0. The minimum absolute atomic E-state index is 0.783. The van der Waals surface area contributed by atoms with Crippen molar-refractivity contribution in [1.82, 2.24) is 0 Å². The van der Waals surface area contributed by atoms with Crippen LogP contribution in [0.4, 0.5) is 34.1 Å². The Morgan fingerprint density at radius 3 is 1.22 bits per heavy atom.